The highest BCUT2D eigenvalue weighted by Gasteiger charge is 2.28. The number of benzene rings is 2. The molecular weight excluding hydrogens is 584 g/mol. The van der Waals surface area contributed by atoms with E-state index in [2.05, 4.69) is 76.3 Å². The highest BCUT2D eigenvalue weighted by atomic mass is 16.7. The van der Waals surface area contributed by atoms with Crippen LogP contribution in [0.4, 0.5) is 4.79 Å². The summed E-state index contributed by atoms with van der Waals surface area (Å²) in [5, 5.41) is 14.6. The highest BCUT2D eigenvalue weighted by Crippen LogP contribution is 2.37. The molecule has 0 aliphatic heterocycles. The van der Waals surface area contributed by atoms with Gasteiger partial charge >= 0.3 is 12.1 Å². The van der Waals surface area contributed by atoms with Crippen LogP contribution in [0, 0.1) is 11.8 Å². The molecule has 1 aliphatic carbocycles. The highest BCUT2D eigenvalue weighted by molar-refractivity contribution is 5.91. The Kier molecular flexibility index (Phi) is 10.6. The number of carbonyl (C=O) groups is 2. The van der Waals surface area contributed by atoms with Gasteiger partial charge in [0.15, 0.2) is 0 Å². The second-order valence-electron chi connectivity index (χ2n) is 12.1. The Bertz CT molecular complexity index is 1660. The Balaban J connectivity index is 1.39. The van der Waals surface area contributed by atoms with Crippen LogP contribution in [0.1, 0.15) is 70.2 Å². The number of ether oxygens (including phenoxy) is 3. The summed E-state index contributed by atoms with van der Waals surface area (Å²) in [5.41, 5.74) is 7.04. The number of esters is 1. The summed E-state index contributed by atoms with van der Waals surface area (Å²) in [6.07, 6.45) is 3.89. The van der Waals surface area contributed by atoms with E-state index in [1.807, 2.05) is 18.2 Å². The number of nitrogens with one attached hydrogen (secondary N) is 1. The summed E-state index contributed by atoms with van der Waals surface area (Å²) in [5.74, 6) is 1.91. The van der Waals surface area contributed by atoms with Gasteiger partial charge in [0.05, 0.1) is 17.5 Å². The lowest BCUT2D eigenvalue weighted by atomic mass is 9.87. The lowest BCUT2D eigenvalue weighted by Gasteiger charge is -2.20. The molecule has 242 valence electrons. The van der Waals surface area contributed by atoms with Crippen molar-refractivity contribution in [1.82, 2.24) is 30.2 Å². The number of imidazole rings is 1. The fourth-order valence-electron chi connectivity index (χ4n) is 5.88. The first-order valence-electron chi connectivity index (χ1n) is 15.9. The SMILES string of the molecule is CCc1nc2c(n1Cc1ccc(-c3ccccc3-c3nn[nH]n3)cc1)C(=CC(=O)OCCOC(=O)OC(C)C)CC(C(C)C)CC2. The van der Waals surface area contributed by atoms with Crippen molar-refractivity contribution in [2.45, 2.75) is 73.0 Å². The zero-order valence-corrected chi connectivity index (χ0v) is 27.2. The monoisotopic (exact) mass is 626 g/mol. The van der Waals surface area contributed by atoms with Crippen molar-refractivity contribution in [3.8, 4) is 22.5 Å². The van der Waals surface area contributed by atoms with Gasteiger partial charge in [-0.05, 0) is 72.4 Å². The van der Waals surface area contributed by atoms with Crippen molar-refractivity contribution in [2.24, 2.45) is 11.8 Å². The molecule has 1 aliphatic rings. The van der Waals surface area contributed by atoms with E-state index in [0.717, 1.165) is 70.7 Å². The largest absolute Gasteiger partial charge is 0.508 e. The molecule has 0 amide bonds. The second-order valence-corrected chi connectivity index (χ2v) is 12.1. The zero-order chi connectivity index (χ0) is 32.6. The molecule has 2 aromatic carbocycles. The molecule has 2 aromatic heterocycles. The van der Waals surface area contributed by atoms with Crippen LogP contribution in [0.25, 0.3) is 28.1 Å². The third-order valence-corrected chi connectivity index (χ3v) is 8.21. The van der Waals surface area contributed by atoms with E-state index >= 15 is 0 Å². The van der Waals surface area contributed by atoms with Crippen LogP contribution in [-0.4, -0.2) is 61.6 Å². The van der Waals surface area contributed by atoms with Crippen LogP contribution in [0.3, 0.4) is 0 Å². The lowest BCUT2D eigenvalue weighted by Crippen LogP contribution is -2.17. The first-order chi connectivity index (χ1) is 22.2. The number of aromatic amines is 1. The van der Waals surface area contributed by atoms with Crippen LogP contribution >= 0.6 is 0 Å². The molecule has 4 aromatic rings. The summed E-state index contributed by atoms with van der Waals surface area (Å²) < 4.78 is 17.7. The summed E-state index contributed by atoms with van der Waals surface area (Å²) in [4.78, 5) is 29.8. The number of nitrogens with zero attached hydrogens (tertiary/aromatic N) is 5. The van der Waals surface area contributed by atoms with E-state index in [4.69, 9.17) is 19.2 Å². The third kappa shape index (κ3) is 7.88. The van der Waals surface area contributed by atoms with Gasteiger partial charge in [-0.3, -0.25) is 0 Å². The average molecular weight is 627 g/mol. The van der Waals surface area contributed by atoms with Crippen LogP contribution in [-0.2, 0) is 38.4 Å². The number of fused-ring (bicyclic) bond motifs is 1. The topological polar surface area (TPSA) is 134 Å². The van der Waals surface area contributed by atoms with Gasteiger partial charge in [-0.25, -0.2) is 14.6 Å². The van der Waals surface area contributed by atoms with Crippen molar-refractivity contribution < 1.29 is 23.8 Å². The number of H-pyrrole nitrogens is 1. The minimum absolute atomic E-state index is 0.0576. The van der Waals surface area contributed by atoms with Crippen molar-refractivity contribution >= 4 is 17.7 Å². The molecule has 0 spiro atoms. The van der Waals surface area contributed by atoms with Crippen LogP contribution in [0.15, 0.2) is 54.6 Å². The van der Waals surface area contributed by atoms with E-state index in [-0.39, 0.29) is 19.3 Å². The number of allylic oxidation sites excluding steroid dienone is 1. The fraction of sp³-hybridized carbons (Fsp3) is 0.429. The molecule has 0 saturated carbocycles. The van der Waals surface area contributed by atoms with E-state index in [0.29, 0.717) is 24.2 Å². The lowest BCUT2D eigenvalue weighted by molar-refractivity contribution is -0.139. The number of rotatable bonds is 11. The van der Waals surface area contributed by atoms with E-state index in [9.17, 15) is 9.59 Å². The van der Waals surface area contributed by atoms with E-state index in [1.54, 1.807) is 19.9 Å². The number of tetrazole rings is 1. The molecule has 46 heavy (non-hydrogen) atoms. The number of aromatic nitrogens is 6. The summed E-state index contributed by atoms with van der Waals surface area (Å²) >= 11 is 0. The third-order valence-electron chi connectivity index (χ3n) is 8.21. The summed E-state index contributed by atoms with van der Waals surface area (Å²) in [7, 11) is 0. The van der Waals surface area contributed by atoms with Gasteiger partial charge in [0.25, 0.3) is 0 Å². The predicted molar refractivity (Wildman–Crippen MR) is 174 cm³/mol. The summed E-state index contributed by atoms with van der Waals surface area (Å²) in [6.45, 7) is 10.5. The van der Waals surface area contributed by atoms with Crippen molar-refractivity contribution in [3.63, 3.8) is 0 Å². The molecule has 1 atom stereocenters. The van der Waals surface area contributed by atoms with Gasteiger partial charge in [-0.15, -0.1) is 10.2 Å². The molecule has 1 unspecified atom stereocenters. The number of hydrogen-bond donors (Lipinski definition) is 1. The fourth-order valence-corrected chi connectivity index (χ4v) is 5.88. The molecule has 0 saturated heterocycles. The number of hydrogen-bond acceptors (Lipinski definition) is 9. The minimum Gasteiger partial charge on any atom is -0.459 e. The molecule has 0 bridgehead atoms. The molecule has 5 rings (SSSR count). The Labute approximate surface area is 269 Å². The summed E-state index contributed by atoms with van der Waals surface area (Å²) in [6, 6.07) is 16.5. The van der Waals surface area contributed by atoms with Gasteiger partial charge in [0.1, 0.15) is 19.0 Å². The first kappa shape index (κ1) is 32.6. The minimum atomic E-state index is -0.780. The average Bonchev–Trinajstić information content (AvgIpc) is 3.65. The van der Waals surface area contributed by atoms with Gasteiger partial charge in [0, 0.05) is 24.6 Å². The van der Waals surface area contributed by atoms with Gasteiger partial charge in [-0.2, -0.15) is 5.21 Å². The van der Waals surface area contributed by atoms with Crippen molar-refractivity contribution in [2.75, 3.05) is 13.2 Å². The van der Waals surface area contributed by atoms with Crippen LogP contribution in [0.5, 0.6) is 0 Å². The van der Waals surface area contributed by atoms with Crippen molar-refractivity contribution in [3.05, 3.63) is 77.4 Å². The number of carbonyl (C=O) groups excluding carboxylic acids is 2. The Hall–Kier alpha value is -4.80. The Morgan fingerprint density at radius 1 is 1.02 bits per heavy atom. The molecule has 0 radical (unpaired) electrons. The molecular formula is C35H42N6O5. The quantitative estimate of drug-likeness (QED) is 0.0864. The molecule has 11 heteroatoms. The van der Waals surface area contributed by atoms with Crippen molar-refractivity contribution in [1.29, 1.82) is 0 Å². The van der Waals surface area contributed by atoms with Gasteiger partial charge < -0.3 is 18.8 Å². The van der Waals surface area contributed by atoms with Gasteiger partial charge in [0.2, 0.25) is 5.82 Å². The maximum atomic E-state index is 13.0. The maximum Gasteiger partial charge on any atom is 0.508 e. The standard InChI is InChI=1S/C35H42N6O5/c1-6-31-36-30-16-15-26(22(2)3)19-27(20-32(42)44-17-18-45-35(43)46-23(4)5)33(30)41(31)21-24-11-13-25(14-12-24)28-9-7-8-10-29(28)34-37-39-40-38-34/h7-14,20,22-23,26H,6,15-19,21H2,1-5H3,(H,37,38,39,40). The molecule has 0 fully saturated rings. The van der Waals surface area contributed by atoms with E-state index in [1.165, 1.54) is 0 Å². The Morgan fingerprint density at radius 2 is 1.76 bits per heavy atom. The predicted octanol–water partition coefficient (Wildman–Crippen LogP) is 6.44. The van der Waals surface area contributed by atoms with E-state index < -0.39 is 12.1 Å². The second kappa shape index (κ2) is 15.0. The molecule has 2 heterocycles. The maximum absolute atomic E-state index is 13.0. The Morgan fingerprint density at radius 3 is 2.43 bits per heavy atom. The van der Waals surface area contributed by atoms with Gasteiger partial charge in [-0.1, -0.05) is 69.3 Å². The molecule has 11 nitrogen and oxygen atoms in total. The normalized spacial score (nSPS) is 15.5. The van der Waals surface area contributed by atoms with Crippen LogP contribution in [0.2, 0.25) is 0 Å². The smallest absolute Gasteiger partial charge is 0.459 e. The first-order valence-corrected chi connectivity index (χ1v) is 15.9. The van der Waals surface area contributed by atoms with Crippen LogP contribution < -0.4 is 0 Å². The number of aryl methyl sites for hydroxylation is 2. The molecule has 1 N–H and O–H groups in total. The zero-order valence-electron chi connectivity index (χ0n) is 27.2.